The van der Waals surface area contributed by atoms with Gasteiger partial charge < -0.3 is 10.6 Å². The lowest BCUT2D eigenvalue weighted by molar-refractivity contribution is -0.117. The zero-order valence-corrected chi connectivity index (χ0v) is 11.2. The van der Waals surface area contributed by atoms with E-state index in [1.165, 1.54) is 0 Å². The quantitative estimate of drug-likeness (QED) is 0.928. The van der Waals surface area contributed by atoms with Crippen LogP contribution in [0.4, 0.5) is 11.5 Å². The number of nitrogens with zero attached hydrogens (tertiary/aromatic N) is 2. The molecule has 2 heterocycles. The van der Waals surface area contributed by atoms with E-state index in [1.54, 1.807) is 6.20 Å². The summed E-state index contributed by atoms with van der Waals surface area (Å²) in [5, 5.41) is 0. The normalized spacial score (nSPS) is 18.5. The van der Waals surface area contributed by atoms with Crippen molar-refractivity contribution in [3.05, 3.63) is 54.2 Å². The van der Waals surface area contributed by atoms with Crippen molar-refractivity contribution >= 4 is 17.4 Å². The second kappa shape index (κ2) is 5.33. The summed E-state index contributed by atoms with van der Waals surface area (Å²) in [5.41, 5.74) is 7.87. The fourth-order valence-corrected chi connectivity index (χ4v) is 2.71. The molecule has 1 atom stereocenters. The summed E-state index contributed by atoms with van der Waals surface area (Å²) in [6.07, 6.45) is 3.06. The van der Waals surface area contributed by atoms with Gasteiger partial charge in [0, 0.05) is 24.8 Å². The number of para-hydroxylation sites is 1. The van der Waals surface area contributed by atoms with Gasteiger partial charge in [-0.2, -0.15) is 0 Å². The van der Waals surface area contributed by atoms with Crippen molar-refractivity contribution in [1.82, 2.24) is 4.98 Å². The fourth-order valence-electron chi connectivity index (χ4n) is 2.71. The number of nitrogen functional groups attached to an aromatic ring is 1. The molecule has 1 aliphatic heterocycles. The predicted octanol–water partition coefficient (Wildman–Crippen LogP) is 2.26. The van der Waals surface area contributed by atoms with Crippen LogP contribution in [-0.2, 0) is 11.2 Å². The molecule has 1 aromatic heterocycles. The summed E-state index contributed by atoms with van der Waals surface area (Å²) >= 11 is 0. The smallest absolute Gasteiger partial charge is 0.227 e. The number of pyridine rings is 1. The van der Waals surface area contributed by atoms with Crippen LogP contribution in [0.15, 0.2) is 48.7 Å². The SMILES string of the molecule is Nc1ncccc1C[C@@H]1CC(=O)N(c2ccccc2)C1. The summed E-state index contributed by atoms with van der Waals surface area (Å²) < 4.78 is 0. The Morgan fingerprint density at radius 1 is 1.20 bits per heavy atom. The van der Waals surface area contributed by atoms with Crippen LogP contribution in [0.2, 0.25) is 0 Å². The second-order valence-electron chi connectivity index (χ2n) is 5.16. The van der Waals surface area contributed by atoms with Crippen LogP contribution in [0.3, 0.4) is 0 Å². The number of hydrogen-bond acceptors (Lipinski definition) is 3. The molecule has 1 aromatic carbocycles. The van der Waals surface area contributed by atoms with E-state index >= 15 is 0 Å². The van der Waals surface area contributed by atoms with Crippen molar-refractivity contribution in [2.45, 2.75) is 12.8 Å². The maximum absolute atomic E-state index is 12.1. The van der Waals surface area contributed by atoms with Gasteiger partial charge in [0.05, 0.1) is 0 Å². The molecule has 0 unspecified atom stereocenters. The first-order valence-corrected chi connectivity index (χ1v) is 6.79. The van der Waals surface area contributed by atoms with Crippen LogP contribution in [0.25, 0.3) is 0 Å². The molecule has 0 spiro atoms. The molecule has 1 amide bonds. The van der Waals surface area contributed by atoms with Gasteiger partial charge in [-0.3, -0.25) is 4.79 Å². The highest BCUT2D eigenvalue weighted by Crippen LogP contribution is 2.27. The Morgan fingerprint density at radius 3 is 2.75 bits per heavy atom. The minimum Gasteiger partial charge on any atom is -0.383 e. The summed E-state index contributed by atoms with van der Waals surface area (Å²) in [5.74, 6) is 1.05. The van der Waals surface area contributed by atoms with Crippen LogP contribution < -0.4 is 10.6 Å². The molecule has 20 heavy (non-hydrogen) atoms. The van der Waals surface area contributed by atoms with Crippen LogP contribution in [0.1, 0.15) is 12.0 Å². The average Bonchev–Trinajstić information content (AvgIpc) is 2.83. The molecule has 0 radical (unpaired) electrons. The summed E-state index contributed by atoms with van der Waals surface area (Å²) in [6.45, 7) is 0.747. The summed E-state index contributed by atoms with van der Waals surface area (Å²) in [6, 6.07) is 13.7. The van der Waals surface area contributed by atoms with Gasteiger partial charge in [0.2, 0.25) is 5.91 Å². The number of carbonyl (C=O) groups is 1. The van der Waals surface area contributed by atoms with E-state index in [9.17, 15) is 4.79 Å². The van der Waals surface area contributed by atoms with E-state index in [0.717, 1.165) is 24.2 Å². The molecular formula is C16H17N3O. The average molecular weight is 267 g/mol. The van der Waals surface area contributed by atoms with Crippen molar-refractivity contribution in [3.63, 3.8) is 0 Å². The van der Waals surface area contributed by atoms with Gasteiger partial charge in [0.25, 0.3) is 0 Å². The van der Waals surface area contributed by atoms with Crippen LogP contribution in [0, 0.1) is 5.92 Å². The number of carbonyl (C=O) groups excluding carboxylic acids is 1. The van der Waals surface area contributed by atoms with Gasteiger partial charge in [0.1, 0.15) is 5.82 Å². The predicted molar refractivity (Wildman–Crippen MR) is 79.3 cm³/mol. The number of hydrogen-bond donors (Lipinski definition) is 1. The molecule has 2 aromatic rings. The Hall–Kier alpha value is -2.36. The van der Waals surface area contributed by atoms with Gasteiger partial charge in [-0.25, -0.2) is 4.98 Å². The highest BCUT2D eigenvalue weighted by atomic mass is 16.2. The Labute approximate surface area is 118 Å². The Kier molecular flexibility index (Phi) is 3.37. The Bertz CT molecular complexity index is 612. The van der Waals surface area contributed by atoms with Gasteiger partial charge in [-0.15, -0.1) is 0 Å². The third kappa shape index (κ3) is 2.50. The fraction of sp³-hybridized carbons (Fsp3) is 0.250. The first-order valence-electron chi connectivity index (χ1n) is 6.79. The molecule has 102 valence electrons. The maximum atomic E-state index is 12.1. The van der Waals surface area contributed by atoms with E-state index in [0.29, 0.717) is 18.2 Å². The zero-order valence-electron chi connectivity index (χ0n) is 11.2. The lowest BCUT2D eigenvalue weighted by Gasteiger charge is -2.16. The lowest BCUT2D eigenvalue weighted by Crippen LogP contribution is -2.24. The van der Waals surface area contributed by atoms with Crippen molar-refractivity contribution < 1.29 is 4.79 Å². The van der Waals surface area contributed by atoms with E-state index < -0.39 is 0 Å². The number of nitrogens with two attached hydrogens (primary N) is 1. The van der Waals surface area contributed by atoms with Crippen molar-refractivity contribution in [2.75, 3.05) is 17.2 Å². The minimum absolute atomic E-state index is 0.184. The van der Waals surface area contributed by atoms with E-state index in [4.69, 9.17) is 5.73 Å². The van der Waals surface area contributed by atoms with Crippen LogP contribution >= 0.6 is 0 Å². The Morgan fingerprint density at radius 2 is 2.00 bits per heavy atom. The molecule has 1 saturated heterocycles. The number of rotatable bonds is 3. The second-order valence-corrected chi connectivity index (χ2v) is 5.16. The van der Waals surface area contributed by atoms with Gasteiger partial charge in [0.15, 0.2) is 0 Å². The number of aromatic nitrogens is 1. The molecule has 4 heteroatoms. The number of benzene rings is 1. The van der Waals surface area contributed by atoms with Crippen molar-refractivity contribution in [1.29, 1.82) is 0 Å². The molecular weight excluding hydrogens is 250 g/mol. The largest absolute Gasteiger partial charge is 0.383 e. The van der Waals surface area contributed by atoms with E-state index in [2.05, 4.69) is 4.98 Å². The highest BCUT2D eigenvalue weighted by molar-refractivity contribution is 5.95. The highest BCUT2D eigenvalue weighted by Gasteiger charge is 2.30. The molecule has 1 aliphatic rings. The first kappa shape index (κ1) is 12.7. The topological polar surface area (TPSA) is 59.2 Å². The maximum Gasteiger partial charge on any atom is 0.227 e. The number of amides is 1. The molecule has 0 saturated carbocycles. The van der Waals surface area contributed by atoms with E-state index in [-0.39, 0.29) is 5.91 Å². The van der Waals surface area contributed by atoms with E-state index in [1.807, 2.05) is 47.4 Å². The van der Waals surface area contributed by atoms with Crippen LogP contribution in [0.5, 0.6) is 0 Å². The summed E-state index contributed by atoms with van der Waals surface area (Å²) in [4.78, 5) is 18.1. The van der Waals surface area contributed by atoms with Crippen LogP contribution in [-0.4, -0.2) is 17.4 Å². The monoisotopic (exact) mass is 267 g/mol. The molecule has 0 bridgehead atoms. The third-order valence-corrected chi connectivity index (χ3v) is 3.71. The standard InChI is InChI=1S/C16H17N3O/c17-16-13(5-4-8-18-16)9-12-10-15(20)19(11-12)14-6-2-1-3-7-14/h1-8,12H,9-11H2,(H2,17,18)/t12-/m1/s1. The molecule has 3 rings (SSSR count). The van der Waals surface area contributed by atoms with Crippen molar-refractivity contribution in [3.8, 4) is 0 Å². The third-order valence-electron chi connectivity index (χ3n) is 3.71. The minimum atomic E-state index is 0.184. The molecule has 4 nitrogen and oxygen atoms in total. The van der Waals surface area contributed by atoms with Gasteiger partial charge in [-0.05, 0) is 36.1 Å². The lowest BCUT2D eigenvalue weighted by atomic mass is 9.99. The first-order chi connectivity index (χ1) is 9.74. The van der Waals surface area contributed by atoms with Gasteiger partial charge >= 0.3 is 0 Å². The summed E-state index contributed by atoms with van der Waals surface area (Å²) in [7, 11) is 0. The van der Waals surface area contributed by atoms with Crippen molar-refractivity contribution in [2.24, 2.45) is 5.92 Å². The molecule has 1 fully saturated rings. The molecule has 0 aliphatic carbocycles. The van der Waals surface area contributed by atoms with Gasteiger partial charge in [-0.1, -0.05) is 24.3 Å². The number of anilines is 2. The Balaban J connectivity index is 1.73. The molecule has 2 N–H and O–H groups in total. The zero-order chi connectivity index (χ0) is 13.9.